The van der Waals surface area contributed by atoms with Crippen LogP contribution in [-0.4, -0.2) is 19.2 Å². The van der Waals surface area contributed by atoms with Gasteiger partial charge in [0.15, 0.2) is 0 Å². The molecule has 2 aromatic carbocycles. The zero-order chi connectivity index (χ0) is 17.4. The molecule has 0 atom stereocenters. The number of ether oxygens (including phenoxy) is 2. The van der Waals surface area contributed by atoms with Crippen LogP contribution in [0.4, 0.5) is 10.5 Å². The molecule has 5 heteroatoms. The number of amides is 2. The molecular formula is C20H22N2O3. The van der Waals surface area contributed by atoms with Crippen LogP contribution in [0.1, 0.15) is 27.8 Å². The Bertz CT molecular complexity index is 793. The van der Waals surface area contributed by atoms with Crippen molar-refractivity contribution >= 4 is 11.7 Å². The van der Waals surface area contributed by atoms with Crippen molar-refractivity contribution < 1.29 is 14.3 Å². The largest absolute Gasteiger partial charge is 0.493 e. The zero-order valence-electron chi connectivity index (χ0n) is 14.6. The third-order valence-corrected chi connectivity index (χ3v) is 4.91. The molecule has 2 heterocycles. The fraction of sp³-hybridized carbons (Fsp3) is 0.350. The Morgan fingerprint density at radius 3 is 2.68 bits per heavy atom. The minimum atomic E-state index is -0.208. The van der Waals surface area contributed by atoms with Crippen molar-refractivity contribution in [2.75, 3.05) is 18.5 Å². The van der Waals surface area contributed by atoms with Gasteiger partial charge in [-0.1, -0.05) is 18.2 Å². The van der Waals surface area contributed by atoms with E-state index >= 15 is 0 Å². The molecule has 2 amide bonds. The molecule has 0 spiro atoms. The Morgan fingerprint density at radius 1 is 1.12 bits per heavy atom. The average molecular weight is 338 g/mol. The molecular weight excluding hydrogens is 316 g/mol. The van der Waals surface area contributed by atoms with Crippen LogP contribution in [0.15, 0.2) is 24.3 Å². The summed E-state index contributed by atoms with van der Waals surface area (Å²) < 4.78 is 11.5. The van der Waals surface area contributed by atoms with Crippen molar-refractivity contribution in [2.24, 2.45) is 0 Å². The Hall–Kier alpha value is -2.69. The highest BCUT2D eigenvalue weighted by Crippen LogP contribution is 2.40. The highest BCUT2D eigenvalue weighted by Gasteiger charge is 2.26. The molecule has 0 saturated heterocycles. The summed E-state index contributed by atoms with van der Waals surface area (Å²) in [4.78, 5) is 12.4. The van der Waals surface area contributed by atoms with Gasteiger partial charge in [0.2, 0.25) is 0 Å². The number of para-hydroxylation sites is 1. The lowest BCUT2D eigenvalue weighted by molar-refractivity contribution is 0.251. The van der Waals surface area contributed by atoms with E-state index in [0.29, 0.717) is 19.8 Å². The molecule has 0 aromatic heterocycles. The quantitative estimate of drug-likeness (QED) is 0.900. The van der Waals surface area contributed by atoms with Crippen molar-refractivity contribution in [1.82, 2.24) is 5.32 Å². The first-order valence-electron chi connectivity index (χ1n) is 8.68. The molecule has 4 rings (SSSR count). The summed E-state index contributed by atoms with van der Waals surface area (Å²) in [6, 6.07) is 7.85. The number of hydrogen-bond acceptors (Lipinski definition) is 3. The third-order valence-electron chi connectivity index (χ3n) is 4.91. The number of carbonyl (C=O) groups is 1. The maximum Gasteiger partial charge on any atom is 0.319 e. The molecule has 5 nitrogen and oxygen atoms in total. The van der Waals surface area contributed by atoms with E-state index in [2.05, 4.69) is 16.7 Å². The molecule has 0 saturated carbocycles. The Labute approximate surface area is 147 Å². The number of urea groups is 1. The number of carbonyl (C=O) groups excluding carboxylic acids is 1. The SMILES string of the molecule is Cc1cccc(C)c1NC(=O)NCc1c2c(cc3c1OCC3)OCC2. The average Bonchev–Trinajstić information content (AvgIpc) is 3.23. The van der Waals surface area contributed by atoms with Gasteiger partial charge in [0, 0.05) is 41.8 Å². The van der Waals surface area contributed by atoms with Crippen LogP contribution >= 0.6 is 0 Å². The minimum Gasteiger partial charge on any atom is -0.493 e. The van der Waals surface area contributed by atoms with Crippen molar-refractivity contribution in [3.05, 3.63) is 52.1 Å². The van der Waals surface area contributed by atoms with Crippen LogP contribution in [0.25, 0.3) is 0 Å². The van der Waals surface area contributed by atoms with E-state index in [1.54, 1.807) is 0 Å². The molecule has 0 aliphatic carbocycles. The number of fused-ring (bicyclic) bond motifs is 2. The molecule has 0 bridgehead atoms. The molecule has 2 aromatic rings. The van der Waals surface area contributed by atoms with Gasteiger partial charge in [-0.25, -0.2) is 4.79 Å². The Balaban J connectivity index is 1.52. The molecule has 0 unspecified atom stereocenters. The monoisotopic (exact) mass is 338 g/mol. The van der Waals surface area contributed by atoms with Crippen molar-refractivity contribution in [3.8, 4) is 11.5 Å². The van der Waals surface area contributed by atoms with Crippen LogP contribution < -0.4 is 20.1 Å². The lowest BCUT2D eigenvalue weighted by atomic mass is 9.99. The van der Waals surface area contributed by atoms with Crippen molar-refractivity contribution in [3.63, 3.8) is 0 Å². The maximum absolute atomic E-state index is 12.4. The first kappa shape index (κ1) is 15.8. The lowest BCUT2D eigenvalue weighted by Gasteiger charge is -2.15. The number of benzene rings is 2. The van der Waals surface area contributed by atoms with E-state index in [4.69, 9.17) is 9.47 Å². The highest BCUT2D eigenvalue weighted by atomic mass is 16.5. The third kappa shape index (κ3) is 2.90. The minimum absolute atomic E-state index is 0.208. The zero-order valence-corrected chi connectivity index (χ0v) is 14.6. The van der Waals surface area contributed by atoms with Gasteiger partial charge in [-0.15, -0.1) is 0 Å². The summed E-state index contributed by atoms with van der Waals surface area (Å²) in [5.74, 6) is 1.87. The van der Waals surface area contributed by atoms with Gasteiger partial charge < -0.3 is 20.1 Å². The Kier molecular flexibility index (Phi) is 3.99. The van der Waals surface area contributed by atoms with Gasteiger partial charge in [-0.3, -0.25) is 0 Å². The molecule has 0 fully saturated rings. The van der Waals surface area contributed by atoms with Crippen LogP contribution in [0.5, 0.6) is 11.5 Å². The van der Waals surface area contributed by atoms with Crippen LogP contribution in [0.2, 0.25) is 0 Å². The summed E-state index contributed by atoms with van der Waals surface area (Å²) in [6.07, 6.45) is 1.76. The van der Waals surface area contributed by atoms with Gasteiger partial charge in [0.1, 0.15) is 11.5 Å². The van der Waals surface area contributed by atoms with Gasteiger partial charge >= 0.3 is 6.03 Å². The van der Waals surface area contributed by atoms with Gasteiger partial charge in [-0.05, 0) is 31.0 Å². The fourth-order valence-electron chi connectivity index (χ4n) is 3.61. The van der Waals surface area contributed by atoms with Crippen molar-refractivity contribution in [1.29, 1.82) is 0 Å². The summed E-state index contributed by atoms with van der Waals surface area (Å²) in [7, 11) is 0. The molecule has 2 aliphatic heterocycles. The molecule has 2 N–H and O–H groups in total. The standard InChI is InChI=1S/C20H22N2O3/c1-12-4-3-5-13(2)18(12)22-20(23)21-11-16-15-7-9-24-17(15)10-14-6-8-25-19(14)16/h3-5,10H,6-9,11H2,1-2H3,(H2,21,22,23). The number of hydrogen-bond donors (Lipinski definition) is 2. The topological polar surface area (TPSA) is 59.6 Å². The summed E-state index contributed by atoms with van der Waals surface area (Å²) >= 11 is 0. The number of rotatable bonds is 3. The van der Waals surface area contributed by atoms with Crippen LogP contribution in [0, 0.1) is 13.8 Å². The van der Waals surface area contributed by atoms with E-state index in [0.717, 1.165) is 52.3 Å². The number of nitrogens with one attached hydrogen (secondary N) is 2. The lowest BCUT2D eigenvalue weighted by Crippen LogP contribution is -2.29. The Morgan fingerprint density at radius 2 is 1.88 bits per heavy atom. The van der Waals surface area contributed by atoms with E-state index < -0.39 is 0 Å². The molecule has 130 valence electrons. The van der Waals surface area contributed by atoms with E-state index in [1.165, 1.54) is 5.56 Å². The second-order valence-electron chi connectivity index (χ2n) is 6.59. The molecule has 2 aliphatic rings. The van der Waals surface area contributed by atoms with E-state index in [1.807, 2.05) is 32.0 Å². The van der Waals surface area contributed by atoms with Gasteiger partial charge in [0.25, 0.3) is 0 Å². The number of aryl methyl sites for hydroxylation is 2. The molecule has 0 radical (unpaired) electrons. The first-order chi connectivity index (χ1) is 12.1. The van der Waals surface area contributed by atoms with E-state index in [-0.39, 0.29) is 6.03 Å². The summed E-state index contributed by atoms with van der Waals surface area (Å²) in [6.45, 7) is 5.81. The number of anilines is 1. The first-order valence-corrected chi connectivity index (χ1v) is 8.68. The van der Waals surface area contributed by atoms with E-state index in [9.17, 15) is 4.79 Å². The highest BCUT2D eigenvalue weighted by molar-refractivity contribution is 5.91. The smallest absolute Gasteiger partial charge is 0.319 e. The van der Waals surface area contributed by atoms with Crippen LogP contribution in [0.3, 0.4) is 0 Å². The second-order valence-corrected chi connectivity index (χ2v) is 6.59. The predicted molar refractivity (Wildman–Crippen MR) is 96.6 cm³/mol. The van der Waals surface area contributed by atoms with Gasteiger partial charge in [-0.2, -0.15) is 0 Å². The maximum atomic E-state index is 12.4. The van der Waals surface area contributed by atoms with Crippen LogP contribution in [-0.2, 0) is 19.4 Å². The molecule has 25 heavy (non-hydrogen) atoms. The summed E-state index contributed by atoms with van der Waals surface area (Å²) in [5, 5.41) is 5.94. The van der Waals surface area contributed by atoms with Gasteiger partial charge in [0.05, 0.1) is 13.2 Å². The summed E-state index contributed by atoms with van der Waals surface area (Å²) in [5.41, 5.74) is 6.35. The second kappa shape index (κ2) is 6.31. The normalized spacial score (nSPS) is 14.3. The predicted octanol–water partition coefficient (Wildman–Crippen LogP) is 3.49. The fourth-order valence-corrected chi connectivity index (χ4v) is 3.61. The van der Waals surface area contributed by atoms with Crippen molar-refractivity contribution in [2.45, 2.75) is 33.2 Å².